The van der Waals surface area contributed by atoms with Crippen LogP contribution in [0.4, 0.5) is 0 Å². The number of hydrogen-bond acceptors (Lipinski definition) is 4. The summed E-state index contributed by atoms with van der Waals surface area (Å²) in [7, 11) is 0. The van der Waals surface area contributed by atoms with E-state index in [4.69, 9.17) is 0 Å². The molecule has 24 heavy (non-hydrogen) atoms. The maximum absolute atomic E-state index is 12.6. The molecule has 0 aliphatic heterocycles. The molecule has 118 valence electrons. The summed E-state index contributed by atoms with van der Waals surface area (Å²) < 4.78 is 2.98. The van der Waals surface area contributed by atoms with E-state index in [1.165, 1.54) is 0 Å². The standard InChI is InChI=1S/C17H12N4O3/c22-16-13-6-2-1-5-12(13)15(17(23)24)19-21(16)10-11-9-20-8-4-3-7-14(20)18-11/h1-9H,10H2,(H,23,24). The summed E-state index contributed by atoms with van der Waals surface area (Å²) in [6.45, 7) is 0.103. The van der Waals surface area contributed by atoms with Crippen LogP contribution in [0.25, 0.3) is 16.4 Å². The van der Waals surface area contributed by atoms with Gasteiger partial charge in [-0.15, -0.1) is 0 Å². The normalized spacial score (nSPS) is 11.2. The third kappa shape index (κ3) is 2.23. The molecule has 0 saturated heterocycles. The molecule has 0 unspecified atom stereocenters. The first-order valence-corrected chi connectivity index (χ1v) is 7.29. The van der Waals surface area contributed by atoms with Gasteiger partial charge in [-0.25, -0.2) is 14.5 Å². The van der Waals surface area contributed by atoms with E-state index < -0.39 is 5.97 Å². The third-order valence-electron chi connectivity index (χ3n) is 3.80. The summed E-state index contributed by atoms with van der Waals surface area (Å²) >= 11 is 0. The van der Waals surface area contributed by atoms with Crippen LogP contribution in [0.2, 0.25) is 0 Å². The fourth-order valence-electron chi connectivity index (χ4n) is 2.72. The lowest BCUT2D eigenvalue weighted by Crippen LogP contribution is -2.26. The summed E-state index contributed by atoms with van der Waals surface area (Å²) in [4.78, 5) is 28.5. The van der Waals surface area contributed by atoms with E-state index in [9.17, 15) is 14.7 Å². The molecule has 3 heterocycles. The molecule has 3 aromatic heterocycles. The Hall–Kier alpha value is -3.48. The Labute approximate surface area is 135 Å². The number of imidazole rings is 1. The van der Waals surface area contributed by atoms with Crippen LogP contribution in [0, 0.1) is 0 Å². The van der Waals surface area contributed by atoms with Gasteiger partial charge in [0, 0.05) is 17.8 Å². The number of fused-ring (bicyclic) bond motifs is 2. The largest absolute Gasteiger partial charge is 0.476 e. The molecular formula is C17H12N4O3. The molecule has 0 bridgehead atoms. The lowest BCUT2D eigenvalue weighted by molar-refractivity contribution is 0.0690. The zero-order valence-corrected chi connectivity index (χ0v) is 12.5. The summed E-state index contributed by atoms with van der Waals surface area (Å²) in [5, 5.41) is 14.1. The molecule has 0 amide bonds. The smallest absolute Gasteiger partial charge is 0.357 e. The van der Waals surface area contributed by atoms with Crippen molar-refractivity contribution in [2.24, 2.45) is 0 Å². The highest BCUT2D eigenvalue weighted by Crippen LogP contribution is 2.14. The number of carbonyl (C=O) groups is 1. The summed E-state index contributed by atoms with van der Waals surface area (Å²) in [5.41, 5.74) is 0.892. The van der Waals surface area contributed by atoms with Crippen LogP contribution < -0.4 is 5.56 Å². The molecule has 0 saturated carbocycles. The SMILES string of the molecule is O=C(O)c1nn(Cc2cn3ccccc3n2)c(=O)c2ccccc12. The molecule has 4 rings (SSSR count). The molecule has 1 aromatic carbocycles. The Bertz CT molecular complexity index is 1110. The van der Waals surface area contributed by atoms with Gasteiger partial charge in [0.1, 0.15) is 5.65 Å². The monoisotopic (exact) mass is 320 g/mol. The van der Waals surface area contributed by atoms with Crippen LogP contribution in [-0.4, -0.2) is 30.2 Å². The molecule has 7 heteroatoms. The Morgan fingerprint density at radius 2 is 1.83 bits per heavy atom. The second-order valence-corrected chi connectivity index (χ2v) is 5.36. The summed E-state index contributed by atoms with van der Waals surface area (Å²) in [6.07, 6.45) is 3.64. The lowest BCUT2D eigenvalue weighted by atomic mass is 10.1. The molecule has 7 nitrogen and oxygen atoms in total. The summed E-state index contributed by atoms with van der Waals surface area (Å²) in [5.74, 6) is -1.17. The van der Waals surface area contributed by atoms with Gasteiger partial charge in [-0.3, -0.25) is 4.79 Å². The first kappa shape index (κ1) is 14.1. The molecule has 4 aromatic rings. The van der Waals surface area contributed by atoms with Crippen molar-refractivity contribution < 1.29 is 9.90 Å². The van der Waals surface area contributed by atoms with Crippen LogP contribution in [0.3, 0.4) is 0 Å². The number of pyridine rings is 1. The van der Waals surface area contributed by atoms with Crippen molar-refractivity contribution in [2.45, 2.75) is 6.54 Å². The zero-order chi connectivity index (χ0) is 16.7. The van der Waals surface area contributed by atoms with Gasteiger partial charge >= 0.3 is 5.97 Å². The third-order valence-corrected chi connectivity index (χ3v) is 3.80. The van der Waals surface area contributed by atoms with Gasteiger partial charge in [0.05, 0.1) is 17.6 Å². The van der Waals surface area contributed by atoms with Crippen molar-refractivity contribution in [1.29, 1.82) is 0 Å². The molecule has 0 aliphatic carbocycles. The minimum atomic E-state index is -1.17. The molecular weight excluding hydrogens is 308 g/mol. The molecule has 0 spiro atoms. The molecule has 0 atom stereocenters. The first-order chi connectivity index (χ1) is 11.6. The van der Waals surface area contributed by atoms with Crippen molar-refractivity contribution >= 4 is 22.4 Å². The Morgan fingerprint density at radius 3 is 2.58 bits per heavy atom. The van der Waals surface area contributed by atoms with Crippen molar-refractivity contribution in [3.63, 3.8) is 0 Å². The number of nitrogens with zero attached hydrogens (tertiary/aromatic N) is 4. The summed E-state index contributed by atoms with van der Waals surface area (Å²) in [6, 6.07) is 12.2. The predicted molar refractivity (Wildman–Crippen MR) is 87.3 cm³/mol. The van der Waals surface area contributed by atoms with Gasteiger partial charge < -0.3 is 9.51 Å². The van der Waals surface area contributed by atoms with Crippen molar-refractivity contribution in [3.05, 3.63) is 76.6 Å². The number of aromatic carboxylic acids is 1. The van der Waals surface area contributed by atoms with E-state index in [2.05, 4.69) is 10.1 Å². The second-order valence-electron chi connectivity index (χ2n) is 5.36. The van der Waals surface area contributed by atoms with Crippen LogP contribution in [0.1, 0.15) is 16.2 Å². The van der Waals surface area contributed by atoms with Crippen LogP contribution in [-0.2, 0) is 6.54 Å². The van der Waals surface area contributed by atoms with Gasteiger partial charge in [-0.05, 0) is 18.2 Å². The molecule has 0 fully saturated rings. The zero-order valence-electron chi connectivity index (χ0n) is 12.5. The average molecular weight is 320 g/mol. The van der Waals surface area contributed by atoms with Crippen molar-refractivity contribution in [1.82, 2.24) is 19.2 Å². The minimum absolute atomic E-state index is 0.103. The van der Waals surface area contributed by atoms with E-state index in [1.54, 1.807) is 30.5 Å². The van der Waals surface area contributed by atoms with E-state index in [0.717, 1.165) is 10.3 Å². The van der Waals surface area contributed by atoms with E-state index in [1.807, 2.05) is 28.8 Å². The molecule has 0 aliphatic rings. The van der Waals surface area contributed by atoms with Crippen molar-refractivity contribution in [3.8, 4) is 0 Å². The van der Waals surface area contributed by atoms with Gasteiger partial charge in [-0.1, -0.05) is 24.3 Å². The maximum Gasteiger partial charge on any atom is 0.357 e. The number of rotatable bonds is 3. The number of benzene rings is 1. The minimum Gasteiger partial charge on any atom is -0.476 e. The van der Waals surface area contributed by atoms with Gasteiger partial charge in [0.25, 0.3) is 5.56 Å². The fraction of sp³-hybridized carbons (Fsp3) is 0.0588. The van der Waals surface area contributed by atoms with Crippen LogP contribution in [0.5, 0.6) is 0 Å². The van der Waals surface area contributed by atoms with E-state index in [-0.39, 0.29) is 17.8 Å². The van der Waals surface area contributed by atoms with Crippen LogP contribution >= 0.6 is 0 Å². The topological polar surface area (TPSA) is 89.5 Å². The highest BCUT2D eigenvalue weighted by atomic mass is 16.4. The highest BCUT2D eigenvalue weighted by molar-refractivity contribution is 6.01. The predicted octanol–water partition coefficient (Wildman–Crippen LogP) is 1.79. The Balaban J connectivity index is 1.88. The number of carboxylic acids is 1. The number of carboxylic acid groups (broad SMARTS) is 1. The van der Waals surface area contributed by atoms with Gasteiger partial charge in [0.2, 0.25) is 0 Å². The van der Waals surface area contributed by atoms with Crippen LogP contribution in [0.15, 0.2) is 59.7 Å². The Kier molecular flexibility index (Phi) is 3.13. The lowest BCUT2D eigenvalue weighted by Gasteiger charge is -2.07. The quantitative estimate of drug-likeness (QED) is 0.621. The second kappa shape index (κ2) is 5.31. The Morgan fingerprint density at radius 1 is 1.08 bits per heavy atom. The van der Waals surface area contributed by atoms with Gasteiger partial charge in [0.15, 0.2) is 5.69 Å². The van der Waals surface area contributed by atoms with E-state index >= 15 is 0 Å². The average Bonchev–Trinajstić information content (AvgIpc) is 2.99. The number of hydrogen-bond donors (Lipinski definition) is 1. The highest BCUT2D eigenvalue weighted by Gasteiger charge is 2.16. The number of aromatic nitrogens is 4. The fourth-order valence-corrected chi connectivity index (χ4v) is 2.72. The van der Waals surface area contributed by atoms with Gasteiger partial charge in [-0.2, -0.15) is 5.10 Å². The molecule has 1 N–H and O–H groups in total. The maximum atomic E-state index is 12.6. The first-order valence-electron chi connectivity index (χ1n) is 7.29. The van der Waals surface area contributed by atoms with Crippen molar-refractivity contribution in [2.75, 3.05) is 0 Å². The van der Waals surface area contributed by atoms with E-state index in [0.29, 0.717) is 16.5 Å². The molecule has 0 radical (unpaired) electrons.